The molecule has 0 saturated heterocycles. The van der Waals surface area contributed by atoms with Crippen LogP contribution in [0.25, 0.3) is 0 Å². The smallest absolute Gasteiger partial charge is 0.0835 e. The second kappa shape index (κ2) is 11.0. The average Bonchev–Trinajstić information content (AvgIpc) is 2.78. The zero-order valence-electron chi connectivity index (χ0n) is 20.1. The first-order chi connectivity index (χ1) is 14.7. The maximum atomic E-state index is 10.9. The fourth-order valence-corrected chi connectivity index (χ4v) is 4.23. The molecule has 2 rings (SSSR count). The molecule has 0 heterocycles. The van der Waals surface area contributed by atoms with Crippen LogP contribution in [0.5, 0.6) is 0 Å². The van der Waals surface area contributed by atoms with E-state index in [0.717, 1.165) is 41.5 Å². The highest BCUT2D eigenvalue weighted by molar-refractivity contribution is 5.54. The van der Waals surface area contributed by atoms with Crippen molar-refractivity contribution >= 4 is 11.4 Å². The van der Waals surface area contributed by atoms with Gasteiger partial charge in [0.05, 0.1) is 12.2 Å². The van der Waals surface area contributed by atoms with Crippen molar-refractivity contribution < 1.29 is 10.2 Å². The lowest BCUT2D eigenvalue weighted by Gasteiger charge is -2.28. The Hall–Kier alpha value is -2.04. The van der Waals surface area contributed by atoms with Crippen LogP contribution in [0.3, 0.4) is 0 Å². The molecular formula is C27H42N2O2. The average molecular weight is 427 g/mol. The first-order valence-corrected chi connectivity index (χ1v) is 11.8. The lowest BCUT2D eigenvalue weighted by molar-refractivity contribution is 0.116. The number of hydrogen-bond donors (Lipinski definition) is 4. The van der Waals surface area contributed by atoms with Crippen LogP contribution in [0.15, 0.2) is 36.4 Å². The molecule has 0 radical (unpaired) electrons. The van der Waals surface area contributed by atoms with Crippen LogP contribution in [0.4, 0.5) is 11.4 Å². The van der Waals surface area contributed by atoms with E-state index >= 15 is 0 Å². The number of anilines is 2. The molecule has 0 bridgehead atoms. The highest BCUT2D eigenvalue weighted by atomic mass is 16.3. The molecule has 0 amide bonds. The van der Waals surface area contributed by atoms with E-state index in [0.29, 0.717) is 17.3 Å². The second-order valence-electron chi connectivity index (χ2n) is 9.30. The summed E-state index contributed by atoms with van der Waals surface area (Å²) in [7, 11) is 0. The van der Waals surface area contributed by atoms with Crippen LogP contribution in [-0.2, 0) is 0 Å². The number of hydrogen-bond acceptors (Lipinski definition) is 4. The van der Waals surface area contributed by atoms with E-state index < -0.39 is 12.2 Å². The lowest BCUT2D eigenvalue weighted by atomic mass is 9.78. The van der Waals surface area contributed by atoms with Crippen molar-refractivity contribution in [1.82, 2.24) is 0 Å². The van der Waals surface area contributed by atoms with Gasteiger partial charge in [0.25, 0.3) is 0 Å². The van der Waals surface area contributed by atoms with E-state index in [2.05, 4.69) is 52.0 Å². The Morgan fingerprint density at radius 3 is 1.32 bits per heavy atom. The van der Waals surface area contributed by atoms with E-state index in [1.807, 2.05) is 26.0 Å². The second-order valence-corrected chi connectivity index (χ2v) is 9.30. The first kappa shape index (κ1) is 25.2. The Bertz CT molecular complexity index is 786. The van der Waals surface area contributed by atoms with Gasteiger partial charge in [0.15, 0.2) is 0 Å². The molecule has 0 fully saturated rings. The normalized spacial score (nSPS) is 17.5. The van der Waals surface area contributed by atoms with Crippen LogP contribution >= 0.6 is 0 Å². The van der Waals surface area contributed by atoms with Crippen LogP contribution in [-0.4, -0.2) is 10.2 Å². The topological polar surface area (TPSA) is 92.5 Å². The summed E-state index contributed by atoms with van der Waals surface area (Å²) in [6, 6.07) is 12.1. The fraction of sp³-hybridized carbons (Fsp3) is 0.556. The predicted molar refractivity (Wildman–Crippen MR) is 132 cm³/mol. The Morgan fingerprint density at radius 1 is 0.645 bits per heavy atom. The van der Waals surface area contributed by atoms with Crippen molar-refractivity contribution in [2.45, 2.75) is 78.9 Å². The van der Waals surface area contributed by atoms with Crippen molar-refractivity contribution in [2.24, 2.45) is 17.8 Å². The predicted octanol–water partition coefficient (Wildman–Crippen LogP) is 6.19. The van der Waals surface area contributed by atoms with E-state index in [4.69, 9.17) is 11.5 Å². The van der Waals surface area contributed by atoms with Crippen LogP contribution in [0, 0.1) is 17.8 Å². The SMILES string of the molecule is CCC(C)C(O)c1cc(C(c2ccc(N)c(C(O)C(C)CC)c2)C(C)CC)ccc1N. The highest BCUT2D eigenvalue weighted by Crippen LogP contribution is 2.40. The monoisotopic (exact) mass is 426 g/mol. The van der Waals surface area contributed by atoms with Gasteiger partial charge in [0.1, 0.15) is 0 Å². The Kier molecular flexibility index (Phi) is 8.96. The lowest BCUT2D eigenvalue weighted by Crippen LogP contribution is -2.16. The molecular weight excluding hydrogens is 384 g/mol. The molecule has 0 spiro atoms. The largest absolute Gasteiger partial charge is 0.398 e. The summed E-state index contributed by atoms with van der Waals surface area (Å²) in [5.74, 6) is 0.758. The molecule has 4 nitrogen and oxygen atoms in total. The molecule has 2 aromatic carbocycles. The van der Waals surface area contributed by atoms with E-state index in [9.17, 15) is 10.2 Å². The molecule has 0 aromatic heterocycles. The zero-order chi connectivity index (χ0) is 23.3. The van der Waals surface area contributed by atoms with Crippen molar-refractivity contribution in [3.63, 3.8) is 0 Å². The number of aliphatic hydroxyl groups excluding tert-OH is 2. The Labute approximate surface area is 188 Å². The molecule has 0 saturated carbocycles. The van der Waals surface area contributed by atoms with Gasteiger partial charge in [0.2, 0.25) is 0 Å². The van der Waals surface area contributed by atoms with Gasteiger partial charge >= 0.3 is 0 Å². The number of rotatable bonds is 10. The number of aliphatic hydroxyl groups is 2. The minimum Gasteiger partial charge on any atom is -0.398 e. The minimum absolute atomic E-state index is 0.122. The van der Waals surface area contributed by atoms with Crippen molar-refractivity contribution in [1.29, 1.82) is 0 Å². The molecule has 5 unspecified atom stereocenters. The molecule has 172 valence electrons. The van der Waals surface area contributed by atoms with E-state index in [1.165, 1.54) is 0 Å². The molecule has 2 aromatic rings. The molecule has 0 aliphatic heterocycles. The molecule has 6 N–H and O–H groups in total. The molecule has 5 atom stereocenters. The van der Waals surface area contributed by atoms with Gasteiger partial charge in [-0.2, -0.15) is 0 Å². The van der Waals surface area contributed by atoms with E-state index in [-0.39, 0.29) is 17.8 Å². The summed E-state index contributed by atoms with van der Waals surface area (Å²) in [4.78, 5) is 0. The summed E-state index contributed by atoms with van der Waals surface area (Å²) in [5, 5.41) is 21.7. The summed E-state index contributed by atoms with van der Waals surface area (Å²) >= 11 is 0. The van der Waals surface area contributed by atoms with Gasteiger partial charge in [0, 0.05) is 28.4 Å². The third kappa shape index (κ3) is 5.61. The van der Waals surface area contributed by atoms with Crippen molar-refractivity contribution in [2.75, 3.05) is 11.5 Å². The van der Waals surface area contributed by atoms with Crippen molar-refractivity contribution in [3.8, 4) is 0 Å². The van der Waals surface area contributed by atoms with E-state index in [1.54, 1.807) is 0 Å². The summed E-state index contributed by atoms with van der Waals surface area (Å²) in [6.45, 7) is 12.7. The van der Waals surface area contributed by atoms with Gasteiger partial charge in [-0.05, 0) is 41.0 Å². The summed E-state index contributed by atoms with van der Waals surface area (Å²) in [6.07, 6.45) is 1.60. The van der Waals surface area contributed by atoms with Crippen LogP contribution < -0.4 is 11.5 Å². The standard InChI is InChI=1S/C27H42N2O2/c1-7-16(4)25(19-10-12-23(28)21(14-19)26(30)17(5)8-2)20-11-13-24(29)22(15-20)27(31)18(6)9-3/h10-18,25-27,30-31H,7-9,28-29H2,1-6H3. The summed E-state index contributed by atoms with van der Waals surface area (Å²) < 4.78 is 0. The number of benzene rings is 2. The summed E-state index contributed by atoms with van der Waals surface area (Å²) in [5.41, 5.74) is 17.6. The first-order valence-electron chi connectivity index (χ1n) is 11.8. The quantitative estimate of drug-likeness (QED) is 0.341. The van der Waals surface area contributed by atoms with Crippen LogP contribution in [0.1, 0.15) is 101 Å². The van der Waals surface area contributed by atoms with Crippen molar-refractivity contribution in [3.05, 3.63) is 58.7 Å². The molecule has 0 aliphatic carbocycles. The number of nitrogen functional groups attached to an aromatic ring is 2. The van der Waals surface area contributed by atoms with Gasteiger partial charge < -0.3 is 21.7 Å². The van der Waals surface area contributed by atoms with Crippen LogP contribution in [0.2, 0.25) is 0 Å². The Balaban J connectivity index is 2.58. The minimum atomic E-state index is -0.586. The third-order valence-corrected chi connectivity index (χ3v) is 7.16. The van der Waals surface area contributed by atoms with Gasteiger partial charge in [-0.15, -0.1) is 0 Å². The fourth-order valence-electron chi connectivity index (χ4n) is 4.23. The Morgan fingerprint density at radius 2 is 1.00 bits per heavy atom. The maximum absolute atomic E-state index is 10.9. The maximum Gasteiger partial charge on any atom is 0.0835 e. The third-order valence-electron chi connectivity index (χ3n) is 7.16. The van der Waals surface area contributed by atoms with Gasteiger partial charge in [-0.25, -0.2) is 0 Å². The molecule has 4 heteroatoms. The zero-order valence-corrected chi connectivity index (χ0v) is 20.1. The molecule has 0 aliphatic rings. The highest BCUT2D eigenvalue weighted by Gasteiger charge is 2.26. The van der Waals surface area contributed by atoms with Gasteiger partial charge in [-0.1, -0.05) is 85.1 Å². The number of nitrogens with two attached hydrogens (primary N) is 2. The molecule has 31 heavy (non-hydrogen) atoms. The van der Waals surface area contributed by atoms with Gasteiger partial charge in [-0.3, -0.25) is 0 Å².